The zero-order chi connectivity index (χ0) is 37.5. The first kappa shape index (κ1) is 37.9. The van der Waals surface area contributed by atoms with Gasteiger partial charge in [-0.15, -0.1) is 0 Å². The molecular weight excluding hydrogens is 664 g/mol. The lowest BCUT2D eigenvalue weighted by atomic mass is 9.45. The molecule has 10 unspecified atom stereocenters. The van der Waals surface area contributed by atoms with Gasteiger partial charge in [0.1, 0.15) is 30.3 Å². The second kappa shape index (κ2) is 14.0. The summed E-state index contributed by atoms with van der Waals surface area (Å²) in [5.74, 6) is -5.86. The Hall–Kier alpha value is -4.33. The van der Waals surface area contributed by atoms with E-state index in [0.717, 1.165) is 13.8 Å². The summed E-state index contributed by atoms with van der Waals surface area (Å²) in [6.45, 7) is 9.50. The minimum atomic E-state index is -2.29. The second-order valence-corrected chi connectivity index (χ2v) is 14.5. The molecule has 0 aromatic heterocycles. The SMILES string of the molecule is CCC(C)C(=O)OCC12C(OC(=O)c3ccccc3)C(O)CC(C)(O)C13OC(C)(C)C(C(OC(C)=O)C2OC(=O)c1ccccc1)C3OC(C)=O. The van der Waals surface area contributed by atoms with Crippen LogP contribution in [0, 0.1) is 17.3 Å². The first-order valence-corrected chi connectivity index (χ1v) is 17.1. The smallest absolute Gasteiger partial charge is 0.338 e. The van der Waals surface area contributed by atoms with Crippen LogP contribution in [0.5, 0.6) is 0 Å². The van der Waals surface area contributed by atoms with Gasteiger partial charge in [0.25, 0.3) is 0 Å². The Kier molecular flexibility index (Phi) is 10.4. The summed E-state index contributed by atoms with van der Waals surface area (Å²) in [5.41, 5.74) is -7.91. The Morgan fingerprint density at radius 3 is 1.80 bits per heavy atom. The van der Waals surface area contributed by atoms with Crippen molar-refractivity contribution in [2.24, 2.45) is 17.3 Å². The van der Waals surface area contributed by atoms with Gasteiger partial charge in [-0.25, -0.2) is 9.59 Å². The van der Waals surface area contributed by atoms with Crippen LogP contribution in [0.25, 0.3) is 0 Å². The molecule has 276 valence electrons. The number of rotatable bonds is 10. The number of carbonyl (C=O) groups excluding carboxylic acids is 5. The average molecular weight is 711 g/mol. The molecule has 2 bridgehead atoms. The maximum atomic E-state index is 14.1. The lowest BCUT2D eigenvalue weighted by Gasteiger charge is -2.66. The lowest BCUT2D eigenvalue weighted by Crippen LogP contribution is -2.85. The van der Waals surface area contributed by atoms with Gasteiger partial charge in [0.05, 0.1) is 40.3 Å². The average Bonchev–Trinajstić information content (AvgIpc) is 3.28. The molecule has 2 aliphatic carbocycles. The number of fused-ring (bicyclic) bond motifs is 1. The Labute approximate surface area is 296 Å². The van der Waals surface area contributed by atoms with Gasteiger partial charge < -0.3 is 38.6 Å². The maximum absolute atomic E-state index is 14.1. The highest BCUT2D eigenvalue weighted by Gasteiger charge is 2.88. The number of hydrogen-bond acceptors (Lipinski definition) is 13. The van der Waals surface area contributed by atoms with Gasteiger partial charge in [-0.3, -0.25) is 14.4 Å². The van der Waals surface area contributed by atoms with Crippen LogP contribution >= 0.6 is 0 Å². The zero-order valence-corrected chi connectivity index (χ0v) is 29.8. The summed E-state index contributed by atoms with van der Waals surface area (Å²) in [4.78, 5) is 67.4. The van der Waals surface area contributed by atoms with E-state index in [1.165, 1.54) is 31.2 Å². The number of hydrogen-bond donors (Lipinski definition) is 2. The topological polar surface area (TPSA) is 181 Å². The van der Waals surface area contributed by atoms with Crippen molar-refractivity contribution in [1.29, 1.82) is 0 Å². The van der Waals surface area contributed by atoms with Gasteiger partial charge >= 0.3 is 29.8 Å². The van der Waals surface area contributed by atoms with E-state index in [9.17, 15) is 34.2 Å². The van der Waals surface area contributed by atoms with Crippen molar-refractivity contribution >= 4 is 29.8 Å². The minimum absolute atomic E-state index is 0.0927. The number of aliphatic hydroxyl groups excluding tert-OH is 1. The first-order valence-electron chi connectivity index (χ1n) is 17.1. The van der Waals surface area contributed by atoms with Gasteiger partial charge in [-0.05, 0) is 51.5 Å². The van der Waals surface area contributed by atoms with Crippen LogP contribution in [0.3, 0.4) is 0 Å². The lowest BCUT2D eigenvalue weighted by molar-refractivity contribution is -0.361. The Morgan fingerprint density at radius 2 is 1.31 bits per heavy atom. The van der Waals surface area contributed by atoms with E-state index in [1.807, 2.05) is 0 Å². The molecule has 1 heterocycles. The zero-order valence-electron chi connectivity index (χ0n) is 29.8. The van der Waals surface area contributed by atoms with Crippen LogP contribution in [0.2, 0.25) is 0 Å². The molecule has 2 saturated carbocycles. The van der Waals surface area contributed by atoms with Crippen LogP contribution in [0.4, 0.5) is 0 Å². The third-order valence-corrected chi connectivity index (χ3v) is 10.6. The molecule has 2 aromatic carbocycles. The van der Waals surface area contributed by atoms with Gasteiger partial charge in [0, 0.05) is 20.3 Å². The molecule has 2 N–H and O–H groups in total. The van der Waals surface area contributed by atoms with Crippen molar-refractivity contribution in [2.75, 3.05) is 6.61 Å². The van der Waals surface area contributed by atoms with Crippen molar-refractivity contribution < 1.29 is 62.6 Å². The number of ether oxygens (including phenoxy) is 6. The van der Waals surface area contributed by atoms with Crippen molar-refractivity contribution in [3.8, 4) is 0 Å². The van der Waals surface area contributed by atoms with Crippen LogP contribution in [-0.4, -0.2) is 94.0 Å². The third kappa shape index (κ3) is 6.40. The van der Waals surface area contributed by atoms with Crippen LogP contribution in [0.1, 0.15) is 82.0 Å². The minimum Gasteiger partial charge on any atom is -0.464 e. The Balaban J connectivity index is 1.87. The highest BCUT2D eigenvalue weighted by molar-refractivity contribution is 5.90. The molecule has 0 amide bonds. The van der Waals surface area contributed by atoms with Crippen molar-refractivity contribution in [1.82, 2.24) is 0 Å². The quantitative estimate of drug-likeness (QED) is 0.270. The molecule has 5 rings (SSSR count). The molecule has 13 heteroatoms. The molecule has 0 radical (unpaired) electrons. The molecule has 3 aliphatic rings. The van der Waals surface area contributed by atoms with E-state index in [4.69, 9.17) is 28.4 Å². The highest BCUT2D eigenvalue weighted by atomic mass is 16.6. The molecule has 1 spiro atoms. The molecule has 1 aliphatic heterocycles. The van der Waals surface area contributed by atoms with E-state index in [2.05, 4.69) is 0 Å². The van der Waals surface area contributed by atoms with Gasteiger partial charge in [0.2, 0.25) is 0 Å². The summed E-state index contributed by atoms with van der Waals surface area (Å²) in [7, 11) is 0. The van der Waals surface area contributed by atoms with Crippen molar-refractivity contribution in [2.45, 2.75) is 109 Å². The van der Waals surface area contributed by atoms with E-state index in [0.29, 0.717) is 6.42 Å². The summed E-state index contributed by atoms with van der Waals surface area (Å²) in [5, 5.41) is 24.6. The van der Waals surface area contributed by atoms with Crippen LogP contribution < -0.4 is 0 Å². The summed E-state index contributed by atoms with van der Waals surface area (Å²) >= 11 is 0. The Bertz CT molecular complexity index is 1640. The van der Waals surface area contributed by atoms with Crippen LogP contribution in [0.15, 0.2) is 60.7 Å². The maximum Gasteiger partial charge on any atom is 0.338 e. The summed E-state index contributed by atoms with van der Waals surface area (Å²) < 4.78 is 37.4. The predicted octanol–water partition coefficient (Wildman–Crippen LogP) is 3.57. The summed E-state index contributed by atoms with van der Waals surface area (Å²) in [6.07, 6.45) is -8.34. The molecule has 1 saturated heterocycles. The highest BCUT2D eigenvalue weighted by Crippen LogP contribution is 2.69. The number of carbonyl (C=O) groups is 5. The number of aliphatic hydroxyl groups is 2. The molecule has 10 atom stereocenters. The molecular formula is C38H46O13. The Morgan fingerprint density at radius 1 is 0.804 bits per heavy atom. The van der Waals surface area contributed by atoms with Gasteiger partial charge in [0.15, 0.2) is 11.7 Å². The molecule has 2 aromatic rings. The molecule has 3 fully saturated rings. The van der Waals surface area contributed by atoms with Crippen molar-refractivity contribution in [3.63, 3.8) is 0 Å². The van der Waals surface area contributed by atoms with E-state index < -0.39 is 107 Å². The van der Waals surface area contributed by atoms with Crippen LogP contribution in [-0.2, 0) is 42.8 Å². The normalized spacial score (nSPS) is 33.9. The fourth-order valence-electron chi connectivity index (χ4n) is 8.38. The number of benzene rings is 2. The fraction of sp³-hybridized carbons (Fsp3) is 0.553. The second-order valence-electron chi connectivity index (χ2n) is 14.5. The molecule has 13 nitrogen and oxygen atoms in total. The first-order chi connectivity index (χ1) is 23.9. The van der Waals surface area contributed by atoms with Gasteiger partial charge in [-0.2, -0.15) is 0 Å². The largest absolute Gasteiger partial charge is 0.464 e. The standard InChI is InChI=1S/C38H46O13/c1-8-21(2)32(42)46-20-37-29(49-33(43)24-15-11-9-12-16-24)26(41)19-36(7,45)38(37)30(48-23(4)40)27(35(5,6)51-38)28(47-22(3)39)31(37)50-34(44)25-17-13-10-14-18-25/h9-18,21,26-31,41,45H,8,19-20H2,1-7H3. The fourth-order valence-corrected chi connectivity index (χ4v) is 8.38. The van der Waals surface area contributed by atoms with E-state index in [1.54, 1.807) is 64.1 Å². The van der Waals surface area contributed by atoms with E-state index >= 15 is 0 Å². The third-order valence-electron chi connectivity index (χ3n) is 10.6. The summed E-state index contributed by atoms with van der Waals surface area (Å²) in [6, 6.07) is 15.8. The van der Waals surface area contributed by atoms with Crippen molar-refractivity contribution in [3.05, 3.63) is 71.8 Å². The predicted molar refractivity (Wildman–Crippen MR) is 178 cm³/mol. The molecule has 51 heavy (non-hydrogen) atoms. The number of esters is 5. The van der Waals surface area contributed by atoms with E-state index in [-0.39, 0.29) is 11.1 Å². The monoisotopic (exact) mass is 710 g/mol. The van der Waals surface area contributed by atoms with Gasteiger partial charge in [-0.1, -0.05) is 50.2 Å².